The van der Waals surface area contributed by atoms with E-state index in [1.165, 1.54) is 41.1 Å². The van der Waals surface area contributed by atoms with Gasteiger partial charge in [0.05, 0.1) is 11.5 Å². The van der Waals surface area contributed by atoms with Gasteiger partial charge in [0.15, 0.2) is 0 Å². The minimum absolute atomic E-state index is 0.0196. The van der Waals surface area contributed by atoms with Crippen LogP contribution in [0.3, 0.4) is 0 Å². The van der Waals surface area contributed by atoms with Gasteiger partial charge in [-0.1, -0.05) is 41.4 Å². The predicted molar refractivity (Wildman–Crippen MR) is 107 cm³/mol. The highest BCUT2D eigenvalue weighted by atomic mass is 35.5. The number of carbonyl (C=O) groups excluding carboxylic acids is 1. The number of benzene rings is 2. The van der Waals surface area contributed by atoms with Crippen LogP contribution in [-0.2, 0) is 6.54 Å². The van der Waals surface area contributed by atoms with Crippen LogP contribution in [0.2, 0.25) is 10.0 Å². The zero-order valence-corrected chi connectivity index (χ0v) is 15.8. The van der Waals surface area contributed by atoms with E-state index in [2.05, 4.69) is 5.32 Å². The summed E-state index contributed by atoms with van der Waals surface area (Å²) >= 11 is 12.3. The molecule has 7 nitrogen and oxygen atoms in total. The molecule has 0 aliphatic carbocycles. The Hall–Kier alpha value is -3.16. The number of nitro groups is 1. The van der Waals surface area contributed by atoms with Gasteiger partial charge < -0.3 is 9.88 Å². The first-order valence-corrected chi connectivity index (χ1v) is 8.81. The van der Waals surface area contributed by atoms with Gasteiger partial charge >= 0.3 is 0 Å². The fraction of sp³-hybridized carbons (Fsp3) is 0.0526. The molecule has 1 aromatic heterocycles. The highest BCUT2D eigenvalue weighted by molar-refractivity contribution is 6.36. The van der Waals surface area contributed by atoms with Gasteiger partial charge in [-0.25, -0.2) is 0 Å². The highest BCUT2D eigenvalue weighted by Crippen LogP contribution is 2.25. The summed E-state index contributed by atoms with van der Waals surface area (Å²) in [6.45, 7) is 0.104. The van der Waals surface area contributed by atoms with Gasteiger partial charge in [-0.2, -0.15) is 0 Å². The number of para-hydroxylation sites is 1. The molecule has 0 unspecified atom stereocenters. The molecular formula is C19H13Cl2N3O4. The zero-order valence-electron chi connectivity index (χ0n) is 14.3. The standard InChI is InChI=1S/C19H13Cl2N3O4/c20-14-6-3-7-15(21)13(14)11-23-10-4-8-16(19(23)26)22-18(25)12-5-1-2-9-17(12)24(27)28/h1-10H,11H2,(H,22,25). The normalized spacial score (nSPS) is 10.5. The third-order valence-electron chi connectivity index (χ3n) is 4.00. The van der Waals surface area contributed by atoms with Crippen molar-refractivity contribution in [1.29, 1.82) is 0 Å². The minimum Gasteiger partial charge on any atom is -0.317 e. The zero-order chi connectivity index (χ0) is 20.3. The van der Waals surface area contributed by atoms with Gasteiger partial charge in [0.1, 0.15) is 11.3 Å². The van der Waals surface area contributed by atoms with E-state index in [0.717, 1.165) is 0 Å². The lowest BCUT2D eigenvalue weighted by Gasteiger charge is -2.11. The van der Waals surface area contributed by atoms with Gasteiger partial charge in [-0.05, 0) is 30.3 Å². The molecule has 0 atom stereocenters. The minimum atomic E-state index is -0.752. The fourth-order valence-corrected chi connectivity index (χ4v) is 3.14. The van der Waals surface area contributed by atoms with Gasteiger partial charge in [-0.15, -0.1) is 0 Å². The molecule has 3 aromatic rings. The Morgan fingerprint density at radius 2 is 1.71 bits per heavy atom. The summed E-state index contributed by atoms with van der Waals surface area (Å²) in [4.78, 5) is 35.6. The number of carbonyl (C=O) groups is 1. The smallest absolute Gasteiger partial charge is 0.282 e. The quantitative estimate of drug-likeness (QED) is 0.492. The monoisotopic (exact) mass is 417 g/mol. The van der Waals surface area contributed by atoms with Crippen LogP contribution in [0.25, 0.3) is 0 Å². The average molecular weight is 418 g/mol. The van der Waals surface area contributed by atoms with E-state index in [0.29, 0.717) is 15.6 Å². The van der Waals surface area contributed by atoms with E-state index in [1.807, 2.05) is 0 Å². The highest BCUT2D eigenvalue weighted by Gasteiger charge is 2.20. The second-order valence-corrected chi connectivity index (χ2v) is 6.60. The van der Waals surface area contributed by atoms with E-state index < -0.39 is 16.4 Å². The first kappa shape index (κ1) is 19.6. The van der Waals surface area contributed by atoms with Crippen molar-refractivity contribution < 1.29 is 9.72 Å². The summed E-state index contributed by atoms with van der Waals surface area (Å²) in [6, 6.07) is 13.5. The van der Waals surface area contributed by atoms with Crippen molar-refractivity contribution in [2.75, 3.05) is 5.32 Å². The Balaban J connectivity index is 1.91. The van der Waals surface area contributed by atoms with Crippen molar-refractivity contribution >= 4 is 40.5 Å². The average Bonchev–Trinajstić information content (AvgIpc) is 2.67. The Labute approximate surface area is 169 Å². The maximum absolute atomic E-state index is 12.7. The first-order valence-electron chi connectivity index (χ1n) is 8.05. The van der Waals surface area contributed by atoms with Crippen LogP contribution < -0.4 is 10.9 Å². The third kappa shape index (κ3) is 4.05. The number of anilines is 1. The molecule has 1 heterocycles. The number of halogens is 2. The Kier molecular flexibility index (Phi) is 5.77. The lowest BCUT2D eigenvalue weighted by Crippen LogP contribution is -2.26. The van der Waals surface area contributed by atoms with Crippen LogP contribution in [0.5, 0.6) is 0 Å². The molecule has 1 amide bonds. The fourth-order valence-electron chi connectivity index (χ4n) is 2.62. The molecule has 0 fully saturated rings. The summed E-state index contributed by atoms with van der Waals surface area (Å²) in [5.74, 6) is -0.752. The lowest BCUT2D eigenvalue weighted by molar-refractivity contribution is -0.385. The molecule has 1 N–H and O–H groups in total. The Morgan fingerprint density at radius 1 is 1.04 bits per heavy atom. The summed E-state index contributed by atoms with van der Waals surface area (Å²) in [5, 5.41) is 14.4. The van der Waals surface area contributed by atoms with Gasteiger partial charge in [-0.3, -0.25) is 19.7 Å². The van der Waals surface area contributed by atoms with E-state index in [9.17, 15) is 19.7 Å². The summed E-state index contributed by atoms with van der Waals surface area (Å²) in [6.07, 6.45) is 1.53. The molecule has 0 saturated carbocycles. The number of nitrogens with one attached hydrogen (secondary N) is 1. The third-order valence-corrected chi connectivity index (χ3v) is 4.71. The second kappa shape index (κ2) is 8.24. The van der Waals surface area contributed by atoms with Crippen molar-refractivity contribution in [2.45, 2.75) is 6.54 Å². The SMILES string of the molecule is O=C(Nc1cccn(Cc2c(Cl)cccc2Cl)c1=O)c1ccccc1[N+](=O)[O-]. The lowest BCUT2D eigenvalue weighted by atomic mass is 10.1. The van der Waals surface area contributed by atoms with Crippen LogP contribution in [0, 0.1) is 10.1 Å². The Bertz CT molecular complexity index is 1110. The molecule has 0 radical (unpaired) electrons. The van der Waals surface area contributed by atoms with E-state index >= 15 is 0 Å². The van der Waals surface area contributed by atoms with Crippen molar-refractivity contribution in [1.82, 2.24) is 4.57 Å². The summed E-state index contributed by atoms with van der Waals surface area (Å²) in [5.41, 5.74) is -0.440. The second-order valence-electron chi connectivity index (χ2n) is 5.78. The summed E-state index contributed by atoms with van der Waals surface area (Å²) in [7, 11) is 0. The van der Waals surface area contributed by atoms with Crippen LogP contribution >= 0.6 is 23.2 Å². The maximum atomic E-state index is 12.7. The van der Waals surface area contributed by atoms with Crippen molar-refractivity contribution in [3.63, 3.8) is 0 Å². The van der Waals surface area contributed by atoms with Gasteiger partial charge in [0.2, 0.25) is 0 Å². The number of rotatable bonds is 5. The number of nitro benzene ring substituents is 1. The molecule has 0 spiro atoms. The van der Waals surface area contributed by atoms with Crippen LogP contribution in [0.1, 0.15) is 15.9 Å². The summed E-state index contributed by atoms with van der Waals surface area (Å²) < 4.78 is 1.34. The number of pyridine rings is 1. The molecule has 0 aliphatic rings. The van der Waals surface area contributed by atoms with Gasteiger partial charge in [0.25, 0.3) is 17.2 Å². The largest absolute Gasteiger partial charge is 0.317 e. The van der Waals surface area contributed by atoms with Crippen molar-refractivity contribution in [2.24, 2.45) is 0 Å². The molecule has 0 aliphatic heterocycles. The molecule has 2 aromatic carbocycles. The maximum Gasteiger partial charge on any atom is 0.282 e. The van der Waals surface area contributed by atoms with Crippen molar-refractivity contribution in [3.05, 3.63) is 102 Å². The van der Waals surface area contributed by atoms with E-state index in [4.69, 9.17) is 23.2 Å². The topological polar surface area (TPSA) is 94.2 Å². The molecule has 142 valence electrons. The molecule has 3 rings (SSSR count). The molecule has 9 heteroatoms. The van der Waals surface area contributed by atoms with Crippen molar-refractivity contribution in [3.8, 4) is 0 Å². The van der Waals surface area contributed by atoms with Crippen LogP contribution in [0.15, 0.2) is 65.6 Å². The molecule has 0 bridgehead atoms. The van der Waals surface area contributed by atoms with E-state index in [-0.39, 0.29) is 23.5 Å². The number of amides is 1. The number of aromatic nitrogens is 1. The predicted octanol–water partition coefficient (Wildman–Crippen LogP) is 4.36. The Morgan fingerprint density at radius 3 is 2.39 bits per heavy atom. The van der Waals surface area contributed by atoms with Crippen LogP contribution in [-0.4, -0.2) is 15.4 Å². The molecular weight excluding hydrogens is 405 g/mol. The number of nitrogens with zero attached hydrogens (tertiary/aromatic N) is 2. The number of hydrogen-bond donors (Lipinski definition) is 1. The van der Waals surface area contributed by atoms with Crippen LogP contribution in [0.4, 0.5) is 11.4 Å². The first-order chi connectivity index (χ1) is 13.4. The number of hydrogen-bond acceptors (Lipinski definition) is 4. The van der Waals surface area contributed by atoms with Gasteiger partial charge in [0, 0.05) is 27.9 Å². The molecule has 0 saturated heterocycles. The molecule has 28 heavy (non-hydrogen) atoms. The van der Waals surface area contributed by atoms with E-state index in [1.54, 1.807) is 24.3 Å².